The van der Waals surface area contributed by atoms with E-state index in [2.05, 4.69) is 5.32 Å². The number of rotatable bonds is 5. The number of carbonyl (C=O) groups is 2. The van der Waals surface area contributed by atoms with Gasteiger partial charge >= 0.3 is 5.97 Å². The summed E-state index contributed by atoms with van der Waals surface area (Å²) in [6.45, 7) is 2.48. The number of carboxylic acids is 1. The van der Waals surface area contributed by atoms with Crippen molar-refractivity contribution in [3.8, 4) is 5.75 Å². The SMILES string of the molecule is COc1cccc([C@H](NC(=O)C2CCCOC2C)C(=O)O)c1. The summed E-state index contributed by atoms with van der Waals surface area (Å²) in [4.78, 5) is 23.9. The van der Waals surface area contributed by atoms with E-state index in [9.17, 15) is 14.7 Å². The van der Waals surface area contributed by atoms with Crippen molar-refractivity contribution < 1.29 is 24.2 Å². The van der Waals surface area contributed by atoms with Crippen molar-refractivity contribution in [2.45, 2.75) is 31.9 Å². The molecule has 1 saturated heterocycles. The van der Waals surface area contributed by atoms with E-state index in [4.69, 9.17) is 9.47 Å². The molecule has 120 valence electrons. The molecule has 0 saturated carbocycles. The van der Waals surface area contributed by atoms with Crippen LogP contribution < -0.4 is 10.1 Å². The molecule has 6 heteroatoms. The molecule has 0 bridgehead atoms. The average molecular weight is 307 g/mol. The standard InChI is InChI=1S/C16H21NO5/c1-10-13(7-4-8-22-10)15(18)17-14(16(19)20)11-5-3-6-12(9-11)21-2/h3,5-6,9-10,13-14H,4,7-8H2,1-2H3,(H,17,18)(H,19,20)/t10?,13?,14-/m0/s1. The minimum Gasteiger partial charge on any atom is -0.497 e. The second-order valence-corrected chi connectivity index (χ2v) is 5.38. The second-order valence-electron chi connectivity index (χ2n) is 5.38. The molecule has 22 heavy (non-hydrogen) atoms. The smallest absolute Gasteiger partial charge is 0.330 e. The number of carbonyl (C=O) groups excluding carboxylic acids is 1. The van der Waals surface area contributed by atoms with Gasteiger partial charge in [0.05, 0.1) is 19.1 Å². The topological polar surface area (TPSA) is 84.9 Å². The number of hydrogen-bond donors (Lipinski definition) is 2. The number of aliphatic carboxylic acids is 1. The molecule has 2 rings (SSSR count). The van der Waals surface area contributed by atoms with Gasteiger partial charge < -0.3 is 19.9 Å². The van der Waals surface area contributed by atoms with E-state index in [-0.39, 0.29) is 17.9 Å². The van der Waals surface area contributed by atoms with Crippen LogP contribution in [-0.2, 0) is 14.3 Å². The van der Waals surface area contributed by atoms with Crippen molar-refractivity contribution in [2.75, 3.05) is 13.7 Å². The van der Waals surface area contributed by atoms with E-state index >= 15 is 0 Å². The first-order valence-electron chi connectivity index (χ1n) is 7.31. The fraction of sp³-hybridized carbons (Fsp3) is 0.500. The van der Waals surface area contributed by atoms with Crippen molar-refractivity contribution in [1.82, 2.24) is 5.32 Å². The van der Waals surface area contributed by atoms with E-state index in [1.54, 1.807) is 24.3 Å². The number of hydrogen-bond acceptors (Lipinski definition) is 4. The van der Waals surface area contributed by atoms with Crippen LogP contribution in [0.25, 0.3) is 0 Å². The summed E-state index contributed by atoms with van der Waals surface area (Å²) in [5.74, 6) is -1.16. The molecule has 0 radical (unpaired) electrons. The zero-order valence-electron chi connectivity index (χ0n) is 12.7. The Hall–Kier alpha value is -2.08. The molecular formula is C16H21NO5. The van der Waals surface area contributed by atoms with Crippen LogP contribution in [0, 0.1) is 5.92 Å². The first-order valence-corrected chi connectivity index (χ1v) is 7.31. The molecule has 3 atom stereocenters. The number of methoxy groups -OCH3 is 1. The van der Waals surface area contributed by atoms with Gasteiger partial charge in [0.2, 0.25) is 5.91 Å². The maximum atomic E-state index is 12.4. The van der Waals surface area contributed by atoms with Gasteiger partial charge in [0.1, 0.15) is 5.75 Å². The molecule has 1 heterocycles. The fourth-order valence-electron chi connectivity index (χ4n) is 2.63. The first-order chi connectivity index (χ1) is 10.5. The molecule has 1 aliphatic rings. The van der Waals surface area contributed by atoms with Crippen LogP contribution in [0.15, 0.2) is 24.3 Å². The van der Waals surface area contributed by atoms with E-state index < -0.39 is 12.0 Å². The van der Waals surface area contributed by atoms with Crippen LogP contribution in [0.5, 0.6) is 5.75 Å². The van der Waals surface area contributed by atoms with Gasteiger partial charge in [0, 0.05) is 6.61 Å². The quantitative estimate of drug-likeness (QED) is 0.865. The van der Waals surface area contributed by atoms with E-state index in [0.717, 1.165) is 6.42 Å². The van der Waals surface area contributed by atoms with Crippen LogP contribution in [0.4, 0.5) is 0 Å². The Morgan fingerprint density at radius 1 is 1.45 bits per heavy atom. The molecule has 0 spiro atoms. The summed E-state index contributed by atoms with van der Waals surface area (Å²) >= 11 is 0. The van der Waals surface area contributed by atoms with Crippen LogP contribution in [0.3, 0.4) is 0 Å². The van der Waals surface area contributed by atoms with Gasteiger partial charge in [-0.25, -0.2) is 4.79 Å². The molecule has 0 aromatic heterocycles. The molecular weight excluding hydrogens is 286 g/mol. The molecule has 1 aromatic rings. The zero-order chi connectivity index (χ0) is 16.1. The largest absolute Gasteiger partial charge is 0.497 e. The molecule has 6 nitrogen and oxygen atoms in total. The Morgan fingerprint density at radius 3 is 2.86 bits per heavy atom. The van der Waals surface area contributed by atoms with Crippen molar-refractivity contribution in [1.29, 1.82) is 0 Å². The van der Waals surface area contributed by atoms with Gasteiger partial charge in [0.25, 0.3) is 0 Å². The number of amides is 1. The number of nitrogens with one attached hydrogen (secondary N) is 1. The van der Waals surface area contributed by atoms with Crippen molar-refractivity contribution >= 4 is 11.9 Å². The normalized spacial score (nSPS) is 22.6. The second kappa shape index (κ2) is 7.26. The van der Waals surface area contributed by atoms with Crippen LogP contribution >= 0.6 is 0 Å². The van der Waals surface area contributed by atoms with Gasteiger partial charge in [0.15, 0.2) is 6.04 Å². The van der Waals surface area contributed by atoms with Gasteiger partial charge in [-0.1, -0.05) is 12.1 Å². The molecule has 2 N–H and O–H groups in total. The lowest BCUT2D eigenvalue weighted by Gasteiger charge is -2.29. The highest BCUT2D eigenvalue weighted by Crippen LogP contribution is 2.24. The first kappa shape index (κ1) is 16.3. The van der Waals surface area contributed by atoms with Gasteiger partial charge in [-0.05, 0) is 37.5 Å². The number of benzene rings is 1. The monoisotopic (exact) mass is 307 g/mol. The highest BCUT2D eigenvalue weighted by atomic mass is 16.5. The summed E-state index contributed by atoms with van der Waals surface area (Å²) in [5, 5.41) is 12.0. The maximum Gasteiger partial charge on any atom is 0.330 e. The molecule has 1 amide bonds. The number of ether oxygens (including phenoxy) is 2. The Balaban J connectivity index is 2.14. The lowest BCUT2D eigenvalue weighted by molar-refractivity contribution is -0.144. The van der Waals surface area contributed by atoms with Crippen molar-refractivity contribution in [3.05, 3.63) is 29.8 Å². The van der Waals surface area contributed by atoms with Crippen molar-refractivity contribution in [2.24, 2.45) is 5.92 Å². The van der Waals surface area contributed by atoms with Crippen LogP contribution in [-0.4, -0.2) is 36.8 Å². The third kappa shape index (κ3) is 3.76. The van der Waals surface area contributed by atoms with E-state index in [1.807, 2.05) is 6.92 Å². The molecule has 1 aromatic carbocycles. The minimum atomic E-state index is -1.11. The Labute approximate surface area is 129 Å². The minimum absolute atomic E-state index is 0.200. The van der Waals surface area contributed by atoms with Crippen LogP contribution in [0.2, 0.25) is 0 Å². The van der Waals surface area contributed by atoms with Gasteiger partial charge in [-0.3, -0.25) is 4.79 Å². The Morgan fingerprint density at radius 2 is 2.23 bits per heavy atom. The summed E-state index contributed by atoms with van der Waals surface area (Å²) in [6.07, 6.45) is 1.31. The predicted molar refractivity (Wildman–Crippen MR) is 79.7 cm³/mol. The third-order valence-corrected chi connectivity index (χ3v) is 3.90. The maximum absolute atomic E-state index is 12.4. The fourth-order valence-corrected chi connectivity index (χ4v) is 2.63. The number of carboxylic acid groups (broad SMARTS) is 1. The molecule has 0 aliphatic carbocycles. The summed E-state index contributed by atoms with van der Waals surface area (Å²) in [6, 6.07) is 5.59. The summed E-state index contributed by atoms with van der Waals surface area (Å²) < 4.78 is 10.6. The summed E-state index contributed by atoms with van der Waals surface area (Å²) in [7, 11) is 1.51. The van der Waals surface area contributed by atoms with Crippen LogP contribution in [0.1, 0.15) is 31.4 Å². The Kier molecular flexibility index (Phi) is 5.38. The molecule has 2 unspecified atom stereocenters. The Bertz CT molecular complexity index is 545. The zero-order valence-corrected chi connectivity index (χ0v) is 12.7. The lowest BCUT2D eigenvalue weighted by Crippen LogP contribution is -2.43. The van der Waals surface area contributed by atoms with Crippen molar-refractivity contribution in [3.63, 3.8) is 0 Å². The van der Waals surface area contributed by atoms with E-state index in [1.165, 1.54) is 7.11 Å². The average Bonchev–Trinajstić information content (AvgIpc) is 2.52. The van der Waals surface area contributed by atoms with Gasteiger partial charge in [-0.15, -0.1) is 0 Å². The van der Waals surface area contributed by atoms with Gasteiger partial charge in [-0.2, -0.15) is 0 Å². The lowest BCUT2D eigenvalue weighted by atomic mass is 9.93. The third-order valence-electron chi connectivity index (χ3n) is 3.90. The molecule has 1 fully saturated rings. The highest BCUT2D eigenvalue weighted by molar-refractivity contribution is 5.86. The molecule has 1 aliphatic heterocycles. The van der Waals surface area contributed by atoms with E-state index in [0.29, 0.717) is 24.3 Å². The highest BCUT2D eigenvalue weighted by Gasteiger charge is 2.32. The summed E-state index contributed by atoms with van der Waals surface area (Å²) in [5.41, 5.74) is 0.476. The predicted octanol–water partition coefficient (Wildman–Crippen LogP) is 1.75.